The molecule has 1 aliphatic rings. The van der Waals surface area contributed by atoms with Crippen molar-refractivity contribution in [2.75, 3.05) is 13.2 Å². The van der Waals surface area contributed by atoms with Gasteiger partial charge in [-0.2, -0.15) is 0 Å². The van der Waals surface area contributed by atoms with E-state index < -0.39 is 12.4 Å². The zero-order chi connectivity index (χ0) is 13.0. The second-order valence-electron chi connectivity index (χ2n) is 4.42. The molecule has 0 radical (unpaired) electrons. The van der Waals surface area contributed by atoms with Crippen molar-refractivity contribution in [1.82, 2.24) is 0 Å². The molecule has 0 saturated carbocycles. The number of benzene rings is 1. The first-order valence-corrected chi connectivity index (χ1v) is 6.10. The largest absolute Gasteiger partial charge is 0.509 e. The maximum atomic E-state index is 12.5. The SMILES string of the molecule is F[B-](F)(F)c1cccc(OCCC2CCCO2)c1. The summed E-state index contributed by atoms with van der Waals surface area (Å²) in [4.78, 5) is 0. The predicted molar refractivity (Wildman–Crippen MR) is 64.2 cm³/mol. The molecular weight excluding hydrogens is 244 g/mol. The quantitative estimate of drug-likeness (QED) is 0.757. The fourth-order valence-corrected chi connectivity index (χ4v) is 1.99. The van der Waals surface area contributed by atoms with Crippen molar-refractivity contribution in [1.29, 1.82) is 0 Å². The van der Waals surface area contributed by atoms with Gasteiger partial charge in [0.25, 0.3) is 0 Å². The average molecular weight is 259 g/mol. The second-order valence-corrected chi connectivity index (χ2v) is 4.42. The van der Waals surface area contributed by atoms with Crippen LogP contribution in [-0.4, -0.2) is 26.3 Å². The molecule has 1 aliphatic heterocycles. The Morgan fingerprint density at radius 3 is 2.83 bits per heavy atom. The molecule has 0 aromatic heterocycles. The molecule has 2 rings (SSSR count). The Balaban J connectivity index is 1.85. The van der Waals surface area contributed by atoms with E-state index in [0.29, 0.717) is 6.61 Å². The summed E-state index contributed by atoms with van der Waals surface area (Å²) in [6.45, 7) is -3.80. The van der Waals surface area contributed by atoms with Crippen LogP contribution in [-0.2, 0) is 4.74 Å². The summed E-state index contributed by atoms with van der Waals surface area (Å²) >= 11 is 0. The van der Waals surface area contributed by atoms with Crippen LogP contribution in [0.1, 0.15) is 19.3 Å². The van der Waals surface area contributed by atoms with Gasteiger partial charge in [-0.25, -0.2) is 0 Å². The Morgan fingerprint density at radius 2 is 2.17 bits per heavy atom. The standard InChI is InChI=1S/C12H15BF3O2/c14-13(15,16)10-3-1-4-12(9-10)18-8-6-11-5-2-7-17-11/h1,3-4,9,11H,2,5-8H2/q-1. The summed E-state index contributed by atoms with van der Waals surface area (Å²) < 4.78 is 48.3. The molecule has 0 aliphatic carbocycles. The van der Waals surface area contributed by atoms with Gasteiger partial charge in [-0.15, -0.1) is 5.46 Å². The van der Waals surface area contributed by atoms with Gasteiger partial charge in [-0.1, -0.05) is 12.1 Å². The summed E-state index contributed by atoms with van der Waals surface area (Å²) in [5, 5.41) is 0. The number of rotatable bonds is 5. The lowest BCUT2D eigenvalue weighted by molar-refractivity contribution is 0.0903. The van der Waals surface area contributed by atoms with Gasteiger partial charge in [0.05, 0.1) is 12.7 Å². The highest BCUT2D eigenvalue weighted by Crippen LogP contribution is 2.17. The van der Waals surface area contributed by atoms with Crippen LogP contribution in [0, 0.1) is 0 Å². The monoisotopic (exact) mass is 259 g/mol. The van der Waals surface area contributed by atoms with Crippen molar-refractivity contribution >= 4 is 12.4 Å². The molecule has 2 nitrogen and oxygen atoms in total. The molecule has 1 atom stereocenters. The number of halogens is 3. The molecule has 1 saturated heterocycles. The van der Waals surface area contributed by atoms with E-state index in [1.165, 1.54) is 6.07 Å². The minimum Gasteiger partial charge on any atom is -0.494 e. The molecule has 1 fully saturated rings. The normalized spacial score (nSPS) is 20.1. The number of ether oxygens (including phenoxy) is 2. The molecule has 6 heteroatoms. The van der Waals surface area contributed by atoms with Crippen molar-refractivity contribution in [2.24, 2.45) is 0 Å². The molecule has 1 unspecified atom stereocenters. The van der Waals surface area contributed by atoms with Crippen LogP contribution in [0.15, 0.2) is 24.3 Å². The smallest absolute Gasteiger partial charge is 0.494 e. The van der Waals surface area contributed by atoms with Gasteiger partial charge >= 0.3 is 6.98 Å². The summed E-state index contributed by atoms with van der Waals surface area (Å²) in [7, 11) is 0. The van der Waals surface area contributed by atoms with Crippen LogP contribution in [0.3, 0.4) is 0 Å². The highest BCUT2D eigenvalue weighted by Gasteiger charge is 2.25. The van der Waals surface area contributed by atoms with Crippen molar-refractivity contribution in [3.63, 3.8) is 0 Å². The van der Waals surface area contributed by atoms with Gasteiger partial charge in [0, 0.05) is 13.0 Å². The highest BCUT2D eigenvalue weighted by molar-refractivity contribution is 6.73. The van der Waals surface area contributed by atoms with Crippen LogP contribution in [0.5, 0.6) is 5.75 Å². The Labute approximate surface area is 104 Å². The average Bonchev–Trinajstić information content (AvgIpc) is 2.81. The topological polar surface area (TPSA) is 18.5 Å². The van der Waals surface area contributed by atoms with E-state index in [4.69, 9.17) is 9.47 Å². The lowest BCUT2D eigenvalue weighted by Gasteiger charge is -2.16. The summed E-state index contributed by atoms with van der Waals surface area (Å²) in [6, 6.07) is 5.02. The van der Waals surface area contributed by atoms with Crippen molar-refractivity contribution in [2.45, 2.75) is 25.4 Å². The van der Waals surface area contributed by atoms with Gasteiger partial charge in [-0.3, -0.25) is 0 Å². The minimum absolute atomic E-state index is 0.194. The lowest BCUT2D eigenvalue weighted by Crippen LogP contribution is -2.33. The third-order valence-corrected chi connectivity index (χ3v) is 2.97. The van der Waals surface area contributed by atoms with E-state index in [0.717, 1.165) is 38.0 Å². The first-order chi connectivity index (χ1) is 8.55. The van der Waals surface area contributed by atoms with Crippen LogP contribution in [0.25, 0.3) is 0 Å². The fourth-order valence-electron chi connectivity index (χ4n) is 1.99. The van der Waals surface area contributed by atoms with Crippen LogP contribution in [0.2, 0.25) is 0 Å². The molecule has 100 valence electrons. The van der Waals surface area contributed by atoms with Crippen molar-refractivity contribution < 1.29 is 22.4 Å². The lowest BCUT2D eigenvalue weighted by atomic mass is 9.80. The van der Waals surface area contributed by atoms with Gasteiger partial charge in [0.2, 0.25) is 0 Å². The van der Waals surface area contributed by atoms with Crippen LogP contribution in [0.4, 0.5) is 12.9 Å². The molecule has 0 spiro atoms. The van der Waals surface area contributed by atoms with E-state index in [1.807, 2.05) is 0 Å². The zero-order valence-corrected chi connectivity index (χ0v) is 9.95. The van der Waals surface area contributed by atoms with Gasteiger partial charge < -0.3 is 22.4 Å². The van der Waals surface area contributed by atoms with E-state index in [2.05, 4.69) is 0 Å². The van der Waals surface area contributed by atoms with Gasteiger partial charge in [0.1, 0.15) is 5.75 Å². The molecule has 18 heavy (non-hydrogen) atoms. The van der Waals surface area contributed by atoms with Gasteiger partial charge in [-0.05, 0) is 25.0 Å². The zero-order valence-electron chi connectivity index (χ0n) is 9.95. The molecule has 0 bridgehead atoms. The Morgan fingerprint density at radius 1 is 1.33 bits per heavy atom. The maximum Gasteiger partial charge on any atom is 0.509 e. The highest BCUT2D eigenvalue weighted by atomic mass is 19.4. The molecule has 1 aromatic rings. The van der Waals surface area contributed by atoms with Crippen molar-refractivity contribution in [3.8, 4) is 5.75 Å². The Hall–Kier alpha value is -1.17. The maximum absolute atomic E-state index is 12.5. The molecule has 0 N–H and O–H groups in total. The first kappa shape index (κ1) is 13.3. The van der Waals surface area contributed by atoms with E-state index in [-0.39, 0.29) is 11.9 Å². The first-order valence-electron chi connectivity index (χ1n) is 6.10. The van der Waals surface area contributed by atoms with Crippen LogP contribution >= 0.6 is 0 Å². The van der Waals surface area contributed by atoms with Crippen LogP contribution < -0.4 is 10.2 Å². The minimum atomic E-state index is -4.96. The summed E-state index contributed by atoms with van der Waals surface area (Å²) in [5.74, 6) is 0.268. The Kier molecular flexibility index (Phi) is 4.17. The number of hydrogen-bond donors (Lipinski definition) is 0. The molecular formula is C12H15BF3O2-. The van der Waals surface area contributed by atoms with E-state index in [9.17, 15) is 12.9 Å². The van der Waals surface area contributed by atoms with E-state index >= 15 is 0 Å². The summed E-state index contributed by atoms with van der Waals surface area (Å²) in [6.07, 6.45) is 2.98. The van der Waals surface area contributed by atoms with E-state index in [1.54, 1.807) is 6.07 Å². The third-order valence-electron chi connectivity index (χ3n) is 2.97. The van der Waals surface area contributed by atoms with Gasteiger partial charge in [0.15, 0.2) is 0 Å². The number of hydrogen-bond acceptors (Lipinski definition) is 2. The molecule has 0 amide bonds. The molecule has 1 aromatic carbocycles. The Bertz CT molecular complexity index is 389. The third kappa shape index (κ3) is 3.66. The molecule has 1 heterocycles. The fraction of sp³-hybridized carbons (Fsp3) is 0.500. The summed E-state index contributed by atoms with van der Waals surface area (Å²) in [5.41, 5.74) is -0.621. The van der Waals surface area contributed by atoms with Crippen molar-refractivity contribution in [3.05, 3.63) is 24.3 Å². The second kappa shape index (κ2) is 5.65. The predicted octanol–water partition coefficient (Wildman–Crippen LogP) is 2.69.